The summed E-state index contributed by atoms with van der Waals surface area (Å²) in [6, 6.07) is 8.37. The van der Waals surface area contributed by atoms with E-state index in [1.807, 2.05) is 11.0 Å². The molecule has 6 nitrogen and oxygen atoms in total. The lowest BCUT2D eigenvalue weighted by atomic mass is 10.1. The second kappa shape index (κ2) is 11.2. The summed E-state index contributed by atoms with van der Waals surface area (Å²) in [6.07, 6.45) is 5.65. The van der Waals surface area contributed by atoms with Gasteiger partial charge in [0, 0.05) is 56.2 Å². The highest BCUT2D eigenvalue weighted by Gasteiger charge is 2.18. The molecule has 1 saturated heterocycles. The van der Waals surface area contributed by atoms with E-state index >= 15 is 0 Å². The molecule has 0 aliphatic carbocycles. The first-order valence-electron chi connectivity index (χ1n) is 9.63. The van der Waals surface area contributed by atoms with Crippen LogP contribution in [0.4, 0.5) is 0 Å². The van der Waals surface area contributed by atoms with Crippen LogP contribution in [-0.4, -0.2) is 54.5 Å². The van der Waals surface area contributed by atoms with Gasteiger partial charge in [-0.3, -0.25) is 9.79 Å². The Morgan fingerprint density at radius 3 is 2.93 bits per heavy atom. The number of nitrogens with one attached hydrogen (secondary N) is 3. The number of aromatic amines is 1. The van der Waals surface area contributed by atoms with E-state index in [9.17, 15) is 4.79 Å². The molecule has 7 heteroatoms. The summed E-state index contributed by atoms with van der Waals surface area (Å²) in [5, 5.41) is 7.98. The number of likely N-dealkylation sites (tertiary alicyclic amines) is 1. The van der Waals surface area contributed by atoms with Gasteiger partial charge in [0.1, 0.15) is 0 Å². The molecular formula is C20H30IN5O. The molecule has 0 atom stereocenters. The highest BCUT2D eigenvalue weighted by atomic mass is 127. The molecule has 1 amide bonds. The fourth-order valence-corrected chi connectivity index (χ4v) is 3.39. The molecule has 0 saturated carbocycles. The van der Waals surface area contributed by atoms with E-state index in [1.54, 1.807) is 0 Å². The van der Waals surface area contributed by atoms with Crippen LogP contribution in [0, 0.1) is 0 Å². The van der Waals surface area contributed by atoms with Crippen LogP contribution in [0.5, 0.6) is 0 Å². The Morgan fingerprint density at radius 2 is 2.15 bits per heavy atom. The summed E-state index contributed by atoms with van der Waals surface area (Å²) in [4.78, 5) is 21.5. The number of para-hydroxylation sites is 1. The van der Waals surface area contributed by atoms with Gasteiger partial charge < -0.3 is 20.5 Å². The van der Waals surface area contributed by atoms with Crippen molar-refractivity contribution in [3.63, 3.8) is 0 Å². The number of fused-ring (bicyclic) bond motifs is 1. The average molecular weight is 483 g/mol. The van der Waals surface area contributed by atoms with Crippen molar-refractivity contribution in [2.75, 3.05) is 32.7 Å². The Kier molecular flexibility index (Phi) is 8.90. The summed E-state index contributed by atoms with van der Waals surface area (Å²) in [5.74, 6) is 1.14. The summed E-state index contributed by atoms with van der Waals surface area (Å²) in [7, 11) is 0. The van der Waals surface area contributed by atoms with Crippen LogP contribution < -0.4 is 10.6 Å². The molecule has 1 aromatic carbocycles. The Bertz CT molecular complexity index is 758. The molecule has 0 unspecified atom stereocenters. The minimum atomic E-state index is 0. The molecule has 1 fully saturated rings. The van der Waals surface area contributed by atoms with Crippen molar-refractivity contribution in [3.05, 3.63) is 36.0 Å². The topological polar surface area (TPSA) is 72.5 Å². The number of benzene rings is 1. The van der Waals surface area contributed by atoms with Gasteiger partial charge in [0.2, 0.25) is 5.91 Å². The minimum absolute atomic E-state index is 0. The molecule has 0 spiro atoms. The number of H-pyrrole nitrogens is 1. The summed E-state index contributed by atoms with van der Waals surface area (Å²) < 4.78 is 0. The Labute approximate surface area is 178 Å². The van der Waals surface area contributed by atoms with E-state index in [0.29, 0.717) is 6.42 Å². The predicted octanol–water partition coefficient (Wildman–Crippen LogP) is 2.90. The Hall–Kier alpha value is -1.77. The molecular weight excluding hydrogens is 453 g/mol. The van der Waals surface area contributed by atoms with Crippen molar-refractivity contribution in [3.8, 4) is 0 Å². The lowest BCUT2D eigenvalue weighted by Crippen LogP contribution is -2.38. The number of rotatable bonds is 8. The first kappa shape index (κ1) is 21.5. The zero-order valence-corrected chi connectivity index (χ0v) is 18.3. The van der Waals surface area contributed by atoms with Gasteiger partial charge in [-0.25, -0.2) is 0 Å². The van der Waals surface area contributed by atoms with E-state index in [-0.39, 0.29) is 29.9 Å². The van der Waals surface area contributed by atoms with Crippen LogP contribution in [0.3, 0.4) is 0 Å². The van der Waals surface area contributed by atoms with Crippen molar-refractivity contribution in [2.45, 2.75) is 32.6 Å². The normalized spacial score (nSPS) is 14.5. The van der Waals surface area contributed by atoms with Crippen molar-refractivity contribution in [2.24, 2.45) is 4.99 Å². The van der Waals surface area contributed by atoms with Crippen LogP contribution in [0.2, 0.25) is 0 Å². The van der Waals surface area contributed by atoms with E-state index < -0.39 is 0 Å². The molecule has 27 heavy (non-hydrogen) atoms. The van der Waals surface area contributed by atoms with Gasteiger partial charge in [0.25, 0.3) is 0 Å². The zero-order chi connectivity index (χ0) is 18.2. The number of guanidine groups is 1. The maximum atomic E-state index is 11.6. The fraction of sp³-hybridized carbons (Fsp3) is 0.500. The zero-order valence-electron chi connectivity index (χ0n) is 16.0. The molecule has 3 rings (SSSR count). The smallest absolute Gasteiger partial charge is 0.222 e. The van der Waals surface area contributed by atoms with E-state index in [2.05, 4.69) is 51.9 Å². The molecule has 2 heterocycles. The monoisotopic (exact) mass is 483 g/mol. The van der Waals surface area contributed by atoms with Crippen LogP contribution in [0.15, 0.2) is 35.5 Å². The molecule has 1 aliphatic rings. The quantitative estimate of drug-likeness (QED) is 0.234. The van der Waals surface area contributed by atoms with E-state index in [4.69, 9.17) is 0 Å². The van der Waals surface area contributed by atoms with Gasteiger partial charge in [-0.1, -0.05) is 18.2 Å². The maximum Gasteiger partial charge on any atom is 0.222 e. The third-order valence-corrected chi connectivity index (χ3v) is 4.73. The Balaban J connectivity index is 0.00000261. The second-order valence-electron chi connectivity index (χ2n) is 6.63. The van der Waals surface area contributed by atoms with Gasteiger partial charge in [0.05, 0.1) is 0 Å². The SMILES string of the molecule is CCNC(=NCCCN1CCCC1=O)NCCc1c[nH]c2ccccc12.I. The molecule has 0 radical (unpaired) electrons. The standard InChI is InChI=1S/C20H29N5O.HI/c1-2-21-20(22-11-6-14-25-13-5-9-19(25)26)23-12-10-16-15-24-18-8-4-3-7-17(16)18;/h3-4,7-8,15,24H,2,5-6,9-14H2,1H3,(H2,21,22,23);1H. The number of amides is 1. The molecule has 3 N–H and O–H groups in total. The largest absolute Gasteiger partial charge is 0.361 e. The van der Waals surface area contributed by atoms with E-state index in [1.165, 1.54) is 16.5 Å². The molecule has 1 aliphatic heterocycles. The number of nitrogens with zero attached hydrogens (tertiary/aromatic N) is 2. The van der Waals surface area contributed by atoms with Crippen LogP contribution in [0.1, 0.15) is 31.7 Å². The lowest BCUT2D eigenvalue weighted by molar-refractivity contribution is -0.127. The number of hydrogen-bond donors (Lipinski definition) is 3. The van der Waals surface area contributed by atoms with E-state index in [0.717, 1.165) is 57.9 Å². The van der Waals surface area contributed by atoms with Gasteiger partial charge in [-0.2, -0.15) is 0 Å². The summed E-state index contributed by atoms with van der Waals surface area (Å²) >= 11 is 0. The minimum Gasteiger partial charge on any atom is -0.361 e. The lowest BCUT2D eigenvalue weighted by Gasteiger charge is -2.15. The second-order valence-corrected chi connectivity index (χ2v) is 6.63. The number of aliphatic imine (C=N–C) groups is 1. The predicted molar refractivity (Wildman–Crippen MR) is 122 cm³/mol. The number of aromatic nitrogens is 1. The van der Waals surface area contributed by atoms with Crippen molar-refractivity contribution >= 4 is 46.7 Å². The van der Waals surface area contributed by atoms with Gasteiger partial charge in [-0.15, -0.1) is 24.0 Å². The van der Waals surface area contributed by atoms with Crippen LogP contribution in [-0.2, 0) is 11.2 Å². The number of hydrogen-bond acceptors (Lipinski definition) is 2. The van der Waals surface area contributed by atoms with Crippen LogP contribution >= 0.6 is 24.0 Å². The first-order chi connectivity index (χ1) is 12.8. The first-order valence-corrected chi connectivity index (χ1v) is 9.63. The van der Waals surface area contributed by atoms with Crippen molar-refractivity contribution < 1.29 is 4.79 Å². The molecule has 1 aromatic heterocycles. The number of carbonyl (C=O) groups is 1. The van der Waals surface area contributed by atoms with Gasteiger partial charge >= 0.3 is 0 Å². The van der Waals surface area contributed by atoms with Gasteiger partial charge in [0.15, 0.2) is 5.96 Å². The number of carbonyl (C=O) groups excluding carboxylic acids is 1. The highest BCUT2D eigenvalue weighted by molar-refractivity contribution is 14.0. The highest BCUT2D eigenvalue weighted by Crippen LogP contribution is 2.17. The van der Waals surface area contributed by atoms with Gasteiger partial charge in [-0.05, 0) is 37.8 Å². The molecule has 0 bridgehead atoms. The van der Waals surface area contributed by atoms with Crippen LogP contribution in [0.25, 0.3) is 10.9 Å². The van der Waals surface area contributed by atoms with Crippen molar-refractivity contribution in [1.82, 2.24) is 20.5 Å². The average Bonchev–Trinajstić information content (AvgIpc) is 3.25. The van der Waals surface area contributed by atoms with Crippen molar-refractivity contribution in [1.29, 1.82) is 0 Å². The maximum absolute atomic E-state index is 11.6. The summed E-state index contributed by atoms with van der Waals surface area (Å²) in [6.45, 7) is 6.19. The summed E-state index contributed by atoms with van der Waals surface area (Å²) in [5.41, 5.74) is 2.50. The third-order valence-electron chi connectivity index (χ3n) is 4.73. The Morgan fingerprint density at radius 1 is 1.30 bits per heavy atom. The molecule has 148 valence electrons. The number of halogens is 1. The fourth-order valence-electron chi connectivity index (χ4n) is 3.39. The molecule has 2 aromatic rings. The third kappa shape index (κ3) is 6.12.